The van der Waals surface area contributed by atoms with Crippen molar-refractivity contribution in [3.63, 3.8) is 0 Å². The Morgan fingerprint density at radius 2 is 1.76 bits per heavy atom. The Balaban J connectivity index is 1.71. The number of carbonyl (C=O) groups is 1. The lowest BCUT2D eigenvalue weighted by Gasteiger charge is -2.37. The maximum Gasteiger partial charge on any atom is 0.308 e. The van der Waals surface area contributed by atoms with Gasteiger partial charge in [-0.3, -0.25) is 4.79 Å². The van der Waals surface area contributed by atoms with Gasteiger partial charge in [-0.2, -0.15) is 0 Å². The molecular formula is C21H26N2O2. The summed E-state index contributed by atoms with van der Waals surface area (Å²) in [6, 6.07) is 17.7. The molecule has 132 valence electrons. The maximum atomic E-state index is 12.6. The van der Waals surface area contributed by atoms with Gasteiger partial charge in [0.15, 0.2) is 0 Å². The molecule has 4 nitrogen and oxygen atoms in total. The Morgan fingerprint density at radius 3 is 2.40 bits per heavy atom. The molecule has 1 fully saturated rings. The summed E-state index contributed by atoms with van der Waals surface area (Å²) < 4.78 is 6.02. The van der Waals surface area contributed by atoms with Crippen molar-refractivity contribution in [3.8, 4) is 0 Å². The van der Waals surface area contributed by atoms with Crippen molar-refractivity contribution in [1.82, 2.24) is 5.32 Å². The molecule has 1 saturated heterocycles. The van der Waals surface area contributed by atoms with E-state index >= 15 is 0 Å². The Labute approximate surface area is 149 Å². The highest BCUT2D eigenvalue weighted by Crippen LogP contribution is 2.35. The summed E-state index contributed by atoms with van der Waals surface area (Å²) in [5.74, 6) is -0.237. The second-order valence-corrected chi connectivity index (χ2v) is 6.81. The quantitative estimate of drug-likeness (QED) is 0.822. The summed E-state index contributed by atoms with van der Waals surface area (Å²) in [5, 5.41) is 3.34. The number of ether oxygens (including phenoxy) is 1. The zero-order valence-corrected chi connectivity index (χ0v) is 14.7. The Bertz CT molecular complexity index is 692. The average Bonchev–Trinajstić information content (AvgIpc) is 2.63. The van der Waals surface area contributed by atoms with Crippen molar-refractivity contribution in [2.75, 3.05) is 13.1 Å². The van der Waals surface area contributed by atoms with Crippen LogP contribution in [0.25, 0.3) is 0 Å². The van der Waals surface area contributed by atoms with Gasteiger partial charge in [-0.05, 0) is 31.1 Å². The first-order chi connectivity index (χ1) is 12.1. The molecule has 3 N–H and O–H groups in total. The number of benzene rings is 2. The molecule has 2 aromatic rings. The van der Waals surface area contributed by atoms with Crippen LogP contribution in [0.4, 0.5) is 0 Å². The van der Waals surface area contributed by atoms with Crippen molar-refractivity contribution in [3.05, 3.63) is 71.3 Å². The van der Waals surface area contributed by atoms with Crippen LogP contribution in [0.2, 0.25) is 0 Å². The second kappa shape index (κ2) is 7.81. The molecule has 1 aliphatic rings. The Hall–Kier alpha value is -2.17. The number of aryl methyl sites for hydroxylation is 1. The largest absolute Gasteiger partial charge is 0.454 e. The molecule has 0 aliphatic carbocycles. The van der Waals surface area contributed by atoms with Gasteiger partial charge in [-0.1, -0.05) is 60.2 Å². The second-order valence-electron chi connectivity index (χ2n) is 6.81. The van der Waals surface area contributed by atoms with Gasteiger partial charge in [0.05, 0.1) is 6.42 Å². The van der Waals surface area contributed by atoms with E-state index in [1.165, 1.54) is 5.56 Å². The zero-order chi connectivity index (χ0) is 17.7. The molecule has 0 saturated carbocycles. The molecule has 0 aromatic heterocycles. The highest BCUT2D eigenvalue weighted by atomic mass is 16.6. The molecule has 1 heterocycles. The zero-order valence-electron chi connectivity index (χ0n) is 14.7. The fourth-order valence-electron chi connectivity index (χ4n) is 3.39. The van der Waals surface area contributed by atoms with Gasteiger partial charge in [0.25, 0.3) is 0 Å². The van der Waals surface area contributed by atoms with Gasteiger partial charge < -0.3 is 15.8 Å². The fourth-order valence-corrected chi connectivity index (χ4v) is 3.39. The van der Waals surface area contributed by atoms with Crippen LogP contribution in [0.1, 0.15) is 42.0 Å². The van der Waals surface area contributed by atoms with Crippen LogP contribution >= 0.6 is 0 Å². The van der Waals surface area contributed by atoms with E-state index in [9.17, 15) is 4.79 Å². The van der Waals surface area contributed by atoms with Crippen molar-refractivity contribution >= 4 is 5.97 Å². The van der Waals surface area contributed by atoms with Gasteiger partial charge in [0.2, 0.25) is 0 Å². The van der Waals surface area contributed by atoms with Gasteiger partial charge in [0, 0.05) is 18.9 Å². The van der Waals surface area contributed by atoms with Gasteiger partial charge in [-0.15, -0.1) is 0 Å². The Kier molecular flexibility index (Phi) is 5.51. The molecule has 1 unspecified atom stereocenters. The van der Waals surface area contributed by atoms with Crippen molar-refractivity contribution in [2.45, 2.75) is 37.8 Å². The number of rotatable bonds is 5. The third-order valence-corrected chi connectivity index (χ3v) is 4.91. The number of hydrogen-bond acceptors (Lipinski definition) is 4. The van der Waals surface area contributed by atoms with Gasteiger partial charge in [0.1, 0.15) is 5.60 Å². The van der Waals surface area contributed by atoms with E-state index < -0.39 is 5.60 Å². The third-order valence-electron chi connectivity index (χ3n) is 4.91. The first-order valence-electron chi connectivity index (χ1n) is 8.89. The van der Waals surface area contributed by atoms with Crippen molar-refractivity contribution in [1.29, 1.82) is 0 Å². The summed E-state index contributed by atoms with van der Waals surface area (Å²) in [5.41, 5.74) is 8.88. The number of nitrogens with one attached hydrogen (secondary N) is 1. The summed E-state index contributed by atoms with van der Waals surface area (Å²) in [4.78, 5) is 12.6. The molecule has 2 aromatic carbocycles. The van der Waals surface area contributed by atoms with Crippen LogP contribution in [0.15, 0.2) is 54.6 Å². The highest BCUT2D eigenvalue weighted by molar-refractivity contribution is 5.71. The minimum absolute atomic E-state index is 0.186. The summed E-state index contributed by atoms with van der Waals surface area (Å²) in [6.45, 7) is 3.71. The number of carbonyl (C=O) groups excluding carboxylic acids is 1. The highest BCUT2D eigenvalue weighted by Gasteiger charge is 2.37. The van der Waals surface area contributed by atoms with Gasteiger partial charge in [-0.25, -0.2) is 0 Å². The van der Waals surface area contributed by atoms with Gasteiger partial charge >= 0.3 is 5.97 Å². The summed E-state index contributed by atoms with van der Waals surface area (Å²) in [7, 11) is 0. The van der Waals surface area contributed by atoms with E-state index in [0.717, 1.165) is 37.1 Å². The monoisotopic (exact) mass is 338 g/mol. The SMILES string of the molecule is Cc1ccc(C(N)CC(=O)OC2(c3ccccc3)CCNCC2)cc1. The first-order valence-corrected chi connectivity index (χ1v) is 8.89. The minimum Gasteiger partial charge on any atom is -0.454 e. The average molecular weight is 338 g/mol. The van der Waals surface area contributed by atoms with E-state index in [-0.39, 0.29) is 18.4 Å². The van der Waals surface area contributed by atoms with E-state index in [0.29, 0.717) is 0 Å². The lowest BCUT2D eigenvalue weighted by Crippen LogP contribution is -2.43. The van der Waals surface area contributed by atoms with Crippen LogP contribution in [0, 0.1) is 6.92 Å². The Morgan fingerprint density at radius 1 is 1.12 bits per heavy atom. The number of piperidine rings is 1. The fraction of sp³-hybridized carbons (Fsp3) is 0.381. The summed E-state index contributed by atoms with van der Waals surface area (Å²) >= 11 is 0. The van der Waals surface area contributed by atoms with E-state index in [2.05, 4.69) is 5.32 Å². The molecule has 25 heavy (non-hydrogen) atoms. The van der Waals surface area contributed by atoms with Crippen LogP contribution in [0.3, 0.4) is 0 Å². The topological polar surface area (TPSA) is 64.4 Å². The van der Waals surface area contributed by atoms with Crippen LogP contribution < -0.4 is 11.1 Å². The third kappa shape index (κ3) is 4.27. The van der Waals surface area contributed by atoms with E-state index in [4.69, 9.17) is 10.5 Å². The first kappa shape index (κ1) is 17.6. The smallest absolute Gasteiger partial charge is 0.308 e. The molecule has 0 amide bonds. The molecule has 4 heteroatoms. The molecule has 0 radical (unpaired) electrons. The van der Waals surface area contributed by atoms with Crippen LogP contribution in [0.5, 0.6) is 0 Å². The standard InChI is InChI=1S/C21H26N2O2/c1-16-7-9-17(10-8-16)19(22)15-20(24)25-21(11-13-23-14-12-21)18-5-3-2-4-6-18/h2-10,19,23H,11-15,22H2,1H3. The molecule has 0 spiro atoms. The maximum absolute atomic E-state index is 12.6. The number of esters is 1. The molecule has 3 rings (SSSR count). The van der Waals surface area contributed by atoms with Crippen molar-refractivity contribution < 1.29 is 9.53 Å². The predicted octanol–water partition coefficient (Wildman–Crippen LogP) is 3.21. The lowest BCUT2D eigenvalue weighted by molar-refractivity contribution is -0.164. The normalized spacial score (nSPS) is 17.7. The lowest BCUT2D eigenvalue weighted by atomic mass is 9.84. The predicted molar refractivity (Wildman–Crippen MR) is 99.0 cm³/mol. The minimum atomic E-state index is -0.545. The summed E-state index contributed by atoms with van der Waals surface area (Å²) in [6.07, 6.45) is 1.75. The number of hydrogen-bond donors (Lipinski definition) is 2. The van der Waals surface area contributed by atoms with E-state index in [1.54, 1.807) is 0 Å². The van der Waals surface area contributed by atoms with Crippen LogP contribution in [-0.4, -0.2) is 19.1 Å². The molecule has 1 atom stereocenters. The van der Waals surface area contributed by atoms with E-state index in [1.807, 2.05) is 61.5 Å². The van der Waals surface area contributed by atoms with Crippen LogP contribution in [-0.2, 0) is 15.1 Å². The molecular weight excluding hydrogens is 312 g/mol. The molecule has 1 aliphatic heterocycles. The number of nitrogens with two attached hydrogens (primary N) is 1. The molecule has 0 bridgehead atoms. The van der Waals surface area contributed by atoms with Crippen molar-refractivity contribution in [2.24, 2.45) is 5.73 Å².